The summed E-state index contributed by atoms with van der Waals surface area (Å²) in [4.78, 5) is 11.0. The Labute approximate surface area is 111 Å². The van der Waals surface area contributed by atoms with Gasteiger partial charge in [0, 0.05) is 11.6 Å². The second kappa shape index (κ2) is 4.53. The van der Waals surface area contributed by atoms with Crippen LogP contribution in [-0.4, -0.2) is 16.8 Å². The number of rotatable bonds is 2. The monoisotopic (exact) mass is 256 g/mol. The minimum Gasteiger partial charge on any atom is -0.477 e. The molecule has 19 heavy (non-hydrogen) atoms. The zero-order chi connectivity index (χ0) is 13.4. The number of fused-ring (bicyclic) bond motifs is 1. The lowest BCUT2D eigenvalue weighted by molar-refractivity contribution is -0.133. The normalized spacial score (nSPS) is 34.5. The van der Waals surface area contributed by atoms with E-state index >= 15 is 0 Å². The van der Waals surface area contributed by atoms with Gasteiger partial charge in [0.25, 0.3) is 0 Å². The standard InChI is InChI=1S/C15H16N2O2/c1-9-13-11(7-8-12(15(18)19)17-16-9)14(13)10-5-3-2-4-6-10/h2-6,8,11,13-14,17H,7H2,1H3,(H,18,19)/b12-8+,16-9+. The molecule has 4 heteroatoms. The molecule has 1 aromatic rings. The number of hydrazone groups is 1. The van der Waals surface area contributed by atoms with Gasteiger partial charge in [-0.25, -0.2) is 4.79 Å². The van der Waals surface area contributed by atoms with E-state index in [-0.39, 0.29) is 5.70 Å². The molecular weight excluding hydrogens is 240 g/mol. The molecule has 98 valence electrons. The van der Waals surface area contributed by atoms with E-state index in [2.05, 4.69) is 22.7 Å². The first-order chi connectivity index (χ1) is 9.18. The highest BCUT2D eigenvalue weighted by molar-refractivity contribution is 5.91. The van der Waals surface area contributed by atoms with Gasteiger partial charge in [-0.15, -0.1) is 0 Å². The van der Waals surface area contributed by atoms with Gasteiger partial charge >= 0.3 is 5.97 Å². The number of carbonyl (C=O) groups is 1. The highest BCUT2D eigenvalue weighted by atomic mass is 16.4. The number of nitrogens with zero attached hydrogens (tertiary/aromatic N) is 1. The molecule has 1 heterocycles. The zero-order valence-electron chi connectivity index (χ0n) is 10.7. The maximum atomic E-state index is 11.0. The van der Waals surface area contributed by atoms with Crippen LogP contribution in [0.3, 0.4) is 0 Å². The first kappa shape index (κ1) is 12.0. The maximum absolute atomic E-state index is 11.0. The predicted molar refractivity (Wildman–Crippen MR) is 72.7 cm³/mol. The van der Waals surface area contributed by atoms with Crippen molar-refractivity contribution in [3.8, 4) is 0 Å². The van der Waals surface area contributed by atoms with E-state index in [0.29, 0.717) is 17.8 Å². The van der Waals surface area contributed by atoms with Crippen LogP contribution in [0.4, 0.5) is 0 Å². The number of allylic oxidation sites excluding steroid dienone is 1. The van der Waals surface area contributed by atoms with Crippen LogP contribution in [-0.2, 0) is 4.79 Å². The molecule has 0 radical (unpaired) electrons. The Hall–Kier alpha value is -2.10. The number of carboxylic acid groups (broad SMARTS) is 1. The highest BCUT2D eigenvalue weighted by Gasteiger charge is 2.52. The van der Waals surface area contributed by atoms with Crippen molar-refractivity contribution in [2.75, 3.05) is 0 Å². The van der Waals surface area contributed by atoms with Crippen molar-refractivity contribution in [1.82, 2.24) is 5.43 Å². The summed E-state index contributed by atoms with van der Waals surface area (Å²) in [7, 11) is 0. The first-order valence-corrected chi connectivity index (χ1v) is 6.47. The SMILES string of the molecule is C/C1=N\N/C(C(=O)O)=C/CC2C1C2c1ccccc1. The summed E-state index contributed by atoms with van der Waals surface area (Å²) in [6, 6.07) is 10.4. The second-order valence-corrected chi connectivity index (χ2v) is 5.15. The van der Waals surface area contributed by atoms with Crippen LogP contribution in [0.2, 0.25) is 0 Å². The lowest BCUT2D eigenvalue weighted by Crippen LogP contribution is -2.18. The Morgan fingerprint density at radius 1 is 1.32 bits per heavy atom. The van der Waals surface area contributed by atoms with E-state index in [1.165, 1.54) is 5.56 Å². The van der Waals surface area contributed by atoms with Crippen molar-refractivity contribution in [3.63, 3.8) is 0 Å². The molecule has 1 aliphatic carbocycles. The third-order valence-corrected chi connectivity index (χ3v) is 4.01. The van der Waals surface area contributed by atoms with Crippen LogP contribution in [0.25, 0.3) is 0 Å². The maximum Gasteiger partial charge on any atom is 0.353 e. The summed E-state index contributed by atoms with van der Waals surface area (Å²) in [5.74, 6) is 0.423. The predicted octanol–water partition coefficient (Wildman–Crippen LogP) is 2.35. The Morgan fingerprint density at radius 3 is 2.74 bits per heavy atom. The molecule has 3 rings (SSSR count). The molecule has 1 saturated carbocycles. The fourth-order valence-electron chi connectivity index (χ4n) is 3.02. The fraction of sp³-hybridized carbons (Fsp3) is 0.333. The minimum absolute atomic E-state index is 0.177. The Bertz CT molecular complexity index is 563. The molecule has 2 aliphatic rings. The lowest BCUT2D eigenvalue weighted by Gasteiger charge is -2.06. The largest absolute Gasteiger partial charge is 0.477 e. The van der Waals surface area contributed by atoms with E-state index in [4.69, 9.17) is 5.11 Å². The van der Waals surface area contributed by atoms with Crippen molar-refractivity contribution in [2.24, 2.45) is 16.9 Å². The molecule has 4 nitrogen and oxygen atoms in total. The number of hydrogen-bond acceptors (Lipinski definition) is 3. The molecular formula is C15H16N2O2. The fourth-order valence-corrected chi connectivity index (χ4v) is 3.02. The van der Waals surface area contributed by atoms with Crippen molar-refractivity contribution in [1.29, 1.82) is 0 Å². The van der Waals surface area contributed by atoms with Crippen molar-refractivity contribution in [2.45, 2.75) is 19.3 Å². The molecule has 1 aromatic carbocycles. The molecule has 3 unspecified atom stereocenters. The van der Waals surface area contributed by atoms with E-state index in [1.54, 1.807) is 6.08 Å². The topological polar surface area (TPSA) is 61.7 Å². The number of benzene rings is 1. The average Bonchev–Trinajstić information content (AvgIpc) is 3.10. The molecule has 0 saturated heterocycles. The highest BCUT2D eigenvalue weighted by Crippen LogP contribution is 2.57. The smallest absolute Gasteiger partial charge is 0.353 e. The third-order valence-electron chi connectivity index (χ3n) is 4.01. The Kier molecular flexibility index (Phi) is 2.85. The van der Waals surface area contributed by atoms with Gasteiger partial charge in [-0.2, -0.15) is 5.10 Å². The summed E-state index contributed by atoms with van der Waals surface area (Å²) in [6.45, 7) is 1.97. The van der Waals surface area contributed by atoms with Gasteiger partial charge < -0.3 is 5.11 Å². The van der Waals surface area contributed by atoms with E-state index in [0.717, 1.165) is 12.1 Å². The number of aliphatic carboxylic acids is 1. The molecule has 2 N–H and O–H groups in total. The summed E-state index contributed by atoms with van der Waals surface area (Å²) in [5.41, 5.74) is 5.14. The Morgan fingerprint density at radius 2 is 2.05 bits per heavy atom. The van der Waals surface area contributed by atoms with Crippen LogP contribution in [0.15, 0.2) is 47.2 Å². The van der Waals surface area contributed by atoms with E-state index in [1.807, 2.05) is 25.1 Å². The molecule has 0 spiro atoms. The number of hydrogen-bond donors (Lipinski definition) is 2. The van der Waals surface area contributed by atoms with E-state index in [9.17, 15) is 4.79 Å². The number of nitrogens with one attached hydrogen (secondary N) is 1. The summed E-state index contributed by atoms with van der Waals surface area (Å²) in [5, 5.41) is 13.2. The Balaban J connectivity index is 1.86. The zero-order valence-corrected chi connectivity index (χ0v) is 10.7. The van der Waals surface area contributed by atoms with Crippen LogP contribution in [0.5, 0.6) is 0 Å². The third kappa shape index (κ3) is 2.14. The van der Waals surface area contributed by atoms with Gasteiger partial charge in [0.05, 0.1) is 0 Å². The van der Waals surface area contributed by atoms with Gasteiger partial charge in [-0.05, 0) is 30.7 Å². The van der Waals surface area contributed by atoms with Crippen LogP contribution in [0, 0.1) is 11.8 Å². The van der Waals surface area contributed by atoms with Gasteiger partial charge in [-0.3, -0.25) is 5.43 Å². The molecule has 0 bridgehead atoms. The van der Waals surface area contributed by atoms with Gasteiger partial charge in [0.1, 0.15) is 5.70 Å². The van der Waals surface area contributed by atoms with Gasteiger partial charge in [0.15, 0.2) is 0 Å². The molecule has 0 aromatic heterocycles. The van der Waals surface area contributed by atoms with Crippen LogP contribution < -0.4 is 5.43 Å². The minimum atomic E-state index is -0.952. The van der Waals surface area contributed by atoms with Gasteiger partial charge in [0.2, 0.25) is 0 Å². The van der Waals surface area contributed by atoms with Crippen molar-refractivity contribution in [3.05, 3.63) is 47.7 Å². The van der Waals surface area contributed by atoms with Crippen LogP contribution in [0.1, 0.15) is 24.8 Å². The first-order valence-electron chi connectivity index (χ1n) is 6.47. The number of carboxylic acids is 1. The molecule has 1 aliphatic heterocycles. The van der Waals surface area contributed by atoms with Crippen molar-refractivity contribution < 1.29 is 9.90 Å². The summed E-state index contributed by atoms with van der Waals surface area (Å²) < 4.78 is 0. The van der Waals surface area contributed by atoms with Crippen molar-refractivity contribution >= 4 is 11.7 Å². The molecule has 0 amide bonds. The second-order valence-electron chi connectivity index (χ2n) is 5.15. The van der Waals surface area contributed by atoms with Crippen LogP contribution >= 0.6 is 0 Å². The molecule has 1 fully saturated rings. The van der Waals surface area contributed by atoms with Gasteiger partial charge in [-0.1, -0.05) is 36.4 Å². The van der Waals surface area contributed by atoms with E-state index < -0.39 is 5.97 Å². The summed E-state index contributed by atoms with van der Waals surface area (Å²) >= 11 is 0. The summed E-state index contributed by atoms with van der Waals surface area (Å²) in [6.07, 6.45) is 2.53. The quantitative estimate of drug-likeness (QED) is 0.853. The average molecular weight is 256 g/mol. The lowest BCUT2D eigenvalue weighted by atomic mass is 10.1. The molecule has 3 atom stereocenters.